The molecule has 0 bridgehead atoms. The van der Waals surface area contributed by atoms with Gasteiger partial charge in [-0.15, -0.1) is 0 Å². The molecule has 0 saturated carbocycles. The van der Waals surface area contributed by atoms with Crippen molar-refractivity contribution in [3.05, 3.63) is 18.0 Å². The van der Waals surface area contributed by atoms with E-state index in [1.807, 2.05) is 38.1 Å². The summed E-state index contributed by atoms with van der Waals surface area (Å²) in [7, 11) is 1.88. The SMILES string of the molecule is CCN(CC)C(=O)CNCc1ccn(C)n1. The van der Waals surface area contributed by atoms with Crippen LogP contribution in [-0.4, -0.2) is 40.2 Å². The molecule has 5 heteroatoms. The van der Waals surface area contributed by atoms with Crippen molar-refractivity contribution in [2.45, 2.75) is 20.4 Å². The Bertz CT molecular complexity index is 330. The van der Waals surface area contributed by atoms with Crippen LogP contribution in [0, 0.1) is 0 Å². The van der Waals surface area contributed by atoms with Crippen molar-refractivity contribution >= 4 is 5.91 Å². The summed E-state index contributed by atoms with van der Waals surface area (Å²) in [4.78, 5) is 13.4. The predicted molar refractivity (Wildman–Crippen MR) is 62.8 cm³/mol. The van der Waals surface area contributed by atoms with E-state index in [-0.39, 0.29) is 5.91 Å². The highest BCUT2D eigenvalue weighted by Gasteiger charge is 2.08. The van der Waals surface area contributed by atoms with E-state index in [1.165, 1.54) is 0 Å². The van der Waals surface area contributed by atoms with Gasteiger partial charge in [-0.1, -0.05) is 0 Å². The molecule has 0 saturated heterocycles. The summed E-state index contributed by atoms with van der Waals surface area (Å²) in [5, 5.41) is 7.32. The number of hydrogen-bond donors (Lipinski definition) is 1. The lowest BCUT2D eigenvalue weighted by Crippen LogP contribution is -2.37. The molecule has 1 rings (SSSR count). The second-order valence-electron chi connectivity index (χ2n) is 3.65. The number of carbonyl (C=O) groups excluding carboxylic acids is 1. The molecule has 0 unspecified atom stereocenters. The van der Waals surface area contributed by atoms with Crippen molar-refractivity contribution < 1.29 is 4.79 Å². The van der Waals surface area contributed by atoms with E-state index < -0.39 is 0 Å². The number of amides is 1. The normalized spacial score (nSPS) is 10.4. The molecule has 0 spiro atoms. The van der Waals surface area contributed by atoms with Gasteiger partial charge in [0.2, 0.25) is 5.91 Å². The Labute approximate surface area is 96.4 Å². The van der Waals surface area contributed by atoms with Crippen LogP contribution in [0.5, 0.6) is 0 Å². The minimum absolute atomic E-state index is 0.140. The largest absolute Gasteiger partial charge is 0.342 e. The third kappa shape index (κ3) is 3.66. The highest BCUT2D eigenvalue weighted by atomic mass is 16.2. The molecule has 0 radical (unpaired) electrons. The summed E-state index contributed by atoms with van der Waals surface area (Å²) in [6, 6.07) is 1.94. The van der Waals surface area contributed by atoms with Crippen LogP contribution in [0.2, 0.25) is 0 Å². The molecule has 0 aromatic carbocycles. The van der Waals surface area contributed by atoms with Crippen LogP contribution in [0.4, 0.5) is 0 Å². The van der Waals surface area contributed by atoms with Gasteiger partial charge in [0, 0.05) is 32.9 Å². The smallest absolute Gasteiger partial charge is 0.236 e. The highest BCUT2D eigenvalue weighted by Crippen LogP contribution is 1.93. The highest BCUT2D eigenvalue weighted by molar-refractivity contribution is 5.78. The average Bonchev–Trinajstić information content (AvgIpc) is 2.66. The molecule has 1 aromatic rings. The van der Waals surface area contributed by atoms with Crippen molar-refractivity contribution in [2.24, 2.45) is 7.05 Å². The molecule has 0 fully saturated rings. The maximum atomic E-state index is 11.6. The third-order valence-electron chi connectivity index (χ3n) is 2.47. The van der Waals surface area contributed by atoms with Crippen molar-refractivity contribution in [3.8, 4) is 0 Å². The van der Waals surface area contributed by atoms with Gasteiger partial charge in [-0.05, 0) is 19.9 Å². The Balaban J connectivity index is 2.27. The van der Waals surface area contributed by atoms with Gasteiger partial charge in [-0.25, -0.2) is 0 Å². The van der Waals surface area contributed by atoms with E-state index in [2.05, 4.69) is 10.4 Å². The molecule has 0 aliphatic rings. The van der Waals surface area contributed by atoms with Crippen molar-refractivity contribution in [3.63, 3.8) is 0 Å². The Morgan fingerprint density at radius 3 is 2.69 bits per heavy atom. The second kappa shape index (κ2) is 6.27. The predicted octanol–water partition coefficient (Wildman–Crippen LogP) is 0.378. The average molecular weight is 224 g/mol. The van der Waals surface area contributed by atoms with Gasteiger partial charge >= 0.3 is 0 Å². The van der Waals surface area contributed by atoms with Crippen LogP contribution in [-0.2, 0) is 18.4 Å². The lowest BCUT2D eigenvalue weighted by atomic mass is 10.4. The van der Waals surface area contributed by atoms with Gasteiger partial charge in [0.1, 0.15) is 0 Å². The zero-order valence-electron chi connectivity index (χ0n) is 10.2. The minimum atomic E-state index is 0.140. The van der Waals surface area contributed by atoms with Gasteiger partial charge in [0.05, 0.1) is 12.2 Å². The molecule has 0 aliphatic heterocycles. The number of nitrogens with one attached hydrogen (secondary N) is 1. The Kier molecular flexibility index (Phi) is 4.98. The van der Waals surface area contributed by atoms with Gasteiger partial charge < -0.3 is 10.2 Å². The number of hydrogen-bond acceptors (Lipinski definition) is 3. The van der Waals surface area contributed by atoms with Gasteiger partial charge in [-0.3, -0.25) is 9.48 Å². The summed E-state index contributed by atoms with van der Waals surface area (Å²) in [5.74, 6) is 0.140. The first-order chi connectivity index (χ1) is 7.67. The minimum Gasteiger partial charge on any atom is -0.342 e. The topological polar surface area (TPSA) is 50.2 Å². The zero-order chi connectivity index (χ0) is 12.0. The molecule has 16 heavy (non-hydrogen) atoms. The Morgan fingerprint density at radius 1 is 1.50 bits per heavy atom. The molecular formula is C11H20N4O. The second-order valence-corrected chi connectivity index (χ2v) is 3.65. The number of aryl methyl sites for hydroxylation is 1. The van der Waals surface area contributed by atoms with Crippen LogP contribution in [0.3, 0.4) is 0 Å². The van der Waals surface area contributed by atoms with E-state index in [4.69, 9.17) is 0 Å². The van der Waals surface area contributed by atoms with Gasteiger partial charge in [0.15, 0.2) is 0 Å². The molecule has 0 atom stereocenters. The summed E-state index contributed by atoms with van der Waals surface area (Å²) >= 11 is 0. The first kappa shape index (κ1) is 12.7. The Morgan fingerprint density at radius 2 is 2.19 bits per heavy atom. The van der Waals surface area contributed by atoms with Gasteiger partial charge in [0.25, 0.3) is 0 Å². The van der Waals surface area contributed by atoms with Crippen LogP contribution in [0.25, 0.3) is 0 Å². The maximum absolute atomic E-state index is 11.6. The van der Waals surface area contributed by atoms with Crippen LogP contribution < -0.4 is 5.32 Å². The summed E-state index contributed by atoms with van der Waals surface area (Å²) in [6.45, 7) is 6.51. The number of nitrogens with zero attached hydrogens (tertiary/aromatic N) is 3. The molecule has 90 valence electrons. The molecule has 0 aliphatic carbocycles. The summed E-state index contributed by atoms with van der Waals surface area (Å²) < 4.78 is 1.75. The molecule has 5 nitrogen and oxygen atoms in total. The van der Waals surface area contributed by atoms with E-state index >= 15 is 0 Å². The van der Waals surface area contributed by atoms with Gasteiger partial charge in [-0.2, -0.15) is 5.10 Å². The zero-order valence-corrected chi connectivity index (χ0v) is 10.2. The fourth-order valence-electron chi connectivity index (χ4n) is 1.54. The maximum Gasteiger partial charge on any atom is 0.236 e. The van der Waals surface area contributed by atoms with Crippen LogP contribution >= 0.6 is 0 Å². The van der Waals surface area contributed by atoms with E-state index in [0.717, 1.165) is 18.8 Å². The standard InChI is InChI=1S/C11H20N4O/c1-4-15(5-2)11(16)9-12-8-10-6-7-14(3)13-10/h6-7,12H,4-5,8-9H2,1-3H3. The van der Waals surface area contributed by atoms with E-state index in [1.54, 1.807) is 4.68 Å². The monoisotopic (exact) mass is 224 g/mol. The molecular weight excluding hydrogens is 204 g/mol. The molecule has 1 aromatic heterocycles. The number of aromatic nitrogens is 2. The summed E-state index contributed by atoms with van der Waals surface area (Å²) in [5.41, 5.74) is 0.954. The Hall–Kier alpha value is -1.36. The number of likely N-dealkylation sites (N-methyl/N-ethyl adjacent to an activating group) is 1. The van der Waals surface area contributed by atoms with E-state index in [9.17, 15) is 4.79 Å². The third-order valence-corrected chi connectivity index (χ3v) is 2.47. The lowest BCUT2D eigenvalue weighted by Gasteiger charge is -2.18. The molecule has 1 N–H and O–H groups in total. The number of carbonyl (C=O) groups is 1. The quantitative estimate of drug-likeness (QED) is 0.760. The number of rotatable bonds is 6. The van der Waals surface area contributed by atoms with Crippen LogP contribution in [0.1, 0.15) is 19.5 Å². The fraction of sp³-hybridized carbons (Fsp3) is 0.636. The lowest BCUT2D eigenvalue weighted by molar-refractivity contribution is -0.129. The first-order valence-electron chi connectivity index (χ1n) is 5.64. The molecule has 1 heterocycles. The van der Waals surface area contributed by atoms with Crippen molar-refractivity contribution in [1.29, 1.82) is 0 Å². The van der Waals surface area contributed by atoms with Crippen molar-refractivity contribution in [2.75, 3.05) is 19.6 Å². The fourth-order valence-corrected chi connectivity index (χ4v) is 1.54. The van der Waals surface area contributed by atoms with Crippen LogP contribution in [0.15, 0.2) is 12.3 Å². The summed E-state index contributed by atoms with van der Waals surface area (Å²) in [6.07, 6.45) is 1.89. The molecule has 1 amide bonds. The first-order valence-corrected chi connectivity index (χ1v) is 5.64. The van der Waals surface area contributed by atoms with Crippen molar-refractivity contribution in [1.82, 2.24) is 20.0 Å². The van der Waals surface area contributed by atoms with E-state index in [0.29, 0.717) is 13.1 Å².